The van der Waals surface area contributed by atoms with Crippen molar-refractivity contribution in [3.05, 3.63) is 59.2 Å². The number of ether oxygens (including phenoxy) is 1. The highest BCUT2D eigenvalue weighted by Gasteiger charge is 2.22. The van der Waals surface area contributed by atoms with Crippen LogP contribution in [0.2, 0.25) is 0 Å². The first-order valence-corrected chi connectivity index (χ1v) is 9.39. The molecule has 1 unspecified atom stereocenters. The van der Waals surface area contributed by atoms with Crippen LogP contribution < -0.4 is 21.1 Å². The number of nitrogens with one attached hydrogen (secondary N) is 2. The lowest BCUT2D eigenvalue weighted by atomic mass is 10.0. The lowest BCUT2D eigenvalue weighted by molar-refractivity contribution is -0.120. The van der Waals surface area contributed by atoms with Crippen LogP contribution in [0.1, 0.15) is 35.6 Å². The number of benzene rings is 2. The van der Waals surface area contributed by atoms with Crippen LogP contribution >= 0.6 is 0 Å². The first kappa shape index (κ1) is 17.4. The van der Waals surface area contributed by atoms with Crippen molar-refractivity contribution in [2.45, 2.75) is 31.7 Å². The fourth-order valence-electron chi connectivity index (χ4n) is 3.73. The number of carbonyl (C=O) groups is 1. The third kappa shape index (κ3) is 4.05. The number of fused-ring (bicyclic) bond motifs is 2. The highest BCUT2D eigenvalue weighted by Crippen LogP contribution is 2.31. The molecular formula is C21H24N4O2. The Labute approximate surface area is 158 Å². The monoisotopic (exact) mass is 364 g/mol. The van der Waals surface area contributed by atoms with E-state index in [1.165, 1.54) is 17.5 Å². The van der Waals surface area contributed by atoms with Gasteiger partial charge in [0.25, 0.3) is 0 Å². The molecule has 1 heterocycles. The molecule has 0 spiro atoms. The second-order valence-corrected chi connectivity index (χ2v) is 6.96. The minimum Gasteiger partial charge on any atom is -0.493 e. The molecule has 1 aliphatic heterocycles. The molecule has 2 aromatic rings. The zero-order valence-electron chi connectivity index (χ0n) is 15.2. The summed E-state index contributed by atoms with van der Waals surface area (Å²) in [5, 5.41) is 6.09. The van der Waals surface area contributed by atoms with Gasteiger partial charge in [0.1, 0.15) is 12.3 Å². The molecule has 1 aliphatic carbocycles. The molecule has 4 N–H and O–H groups in total. The Morgan fingerprint density at radius 2 is 2.04 bits per heavy atom. The van der Waals surface area contributed by atoms with Crippen molar-refractivity contribution in [3.63, 3.8) is 0 Å². The van der Waals surface area contributed by atoms with Crippen LogP contribution in [-0.2, 0) is 17.6 Å². The maximum absolute atomic E-state index is 12.3. The fourth-order valence-corrected chi connectivity index (χ4v) is 3.73. The summed E-state index contributed by atoms with van der Waals surface area (Å²) in [6.45, 7) is 0.580. The number of guanidine groups is 1. The Morgan fingerprint density at radius 3 is 2.96 bits per heavy atom. The normalized spacial score (nSPS) is 18.2. The maximum Gasteiger partial charge on any atom is 0.242 e. The molecule has 140 valence electrons. The molecule has 0 bridgehead atoms. The number of rotatable bonds is 4. The lowest BCUT2D eigenvalue weighted by Crippen LogP contribution is -2.34. The molecular weight excluding hydrogens is 340 g/mol. The number of hydrogen-bond acceptors (Lipinski definition) is 3. The van der Waals surface area contributed by atoms with Crippen LogP contribution in [0.4, 0.5) is 5.69 Å². The SMILES string of the molecule is NC(=NCC(=O)NC1CCOc2ccccc21)Nc1ccc2c(c1)CCC2. The van der Waals surface area contributed by atoms with Crippen molar-refractivity contribution in [2.24, 2.45) is 10.7 Å². The van der Waals surface area contributed by atoms with Crippen molar-refractivity contribution < 1.29 is 9.53 Å². The number of hydrogen-bond donors (Lipinski definition) is 3. The van der Waals surface area contributed by atoms with Crippen LogP contribution in [-0.4, -0.2) is 25.0 Å². The number of carbonyl (C=O) groups excluding carboxylic acids is 1. The molecule has 0 radical (unpaired) electrons. The Kier molecular flexibility index (Phi) is 4.96. The number of para-hydroxylation sites is 1. The number of aliphatic imine (C=N–C) groups is 1. The summed E-state index contributed by atoms with van der Waals surface area (Å²) in [5.41, 5.74) is 10.6. The molecule has 0 saturated heterocycles. The Balaban J connectivity index is 1.33. The standard InChI is InChI=1S/C21H24N4O2/c22-21(24-16-9-8-14-4-3-5-15(14)12-16)23-13-20(26)25-18-10-11-27-19-7-2-1-6-17(18)19/h1-2,6-9,12,18H,3-5,10-11,13H2,(H,25,26)(H3,22,23,24). The van der Waals surface area contributed by atoms with Crippen molar-refractivity contribution in [1.29, 1.82) is 0 Å². The van der Waals surface area contributed by atoms with Gasteiger partial charge in [-0.05, 0) is 48.6 Å². The number of nitrogens with zero attached hydrogens (tertiary/aromatic N) is 1. The van der Waals surface area contributed by atoms with Gasteiger partial charge in [0.05, 0.1) is 12.6 Å². The molecule has 4 rings (SSSR count). The van der Waals surface area contributed by atoms with Gasteiger partial charge in [-0.1, -0.05) is 24.3 Å². The van der Waals surface area contributed by atoms with Crippen molar-refractivity contribution in [3.8, 4) is 5.75 Å². The number of aryl methyl sites for hydroxylation is 2. The maximum atomic E-state index is 12.3. The van der Waals surface area contributed by atoms with Gasteiger partial charge in [0.2, 0.25) is 5.91 Å². The van der Waals surface area contributed by atoms with E-state index in [1.54, 1.807) is 0 Å². The summed E-state index contributed by atoms with van der Waals surface area (Å²) in [6, 6.07) is 14.0. The number of amides is 1. The van der Waals surface area contributed by atoms with E-state index in [-0.39, 0.29) is 24.5 Å². The summed E-state index contributed by atoms with van der Waals surface area (Å²) in [4.78, 5) is 16.5. The molecule has 0 fully saturated rings. The second-order valence-electron chi connectivity index (χ2n) is 6.96. The summed E-state index contributed by atoms with van der Waals surface area (Å²) in [5.74, 6) is 0.918. The third-order valence-corrected chi connectivity index (χ3v) is 5.06. The van der Waals surface area contributed by atoms with Gasteiger partial charge in [-0.3, -0.25) is 4.79 Å². The fraction of sp³-hybridized carbons (Fsp3) is 0.333. The average molecular weight is 364 g/mol. The van der Waals surface area contributed by atoms with Gasteiger partial charge in [0, 0.05) is 17.7 Å². The average Bonchev–Trinajstić information content (AvgIpc) is 3.14. The molecule has 6 nitrogen and oxygen atoms in total. The van der Waals surface area contributed by atoms with Crippen molar-refractivity contribution >= 4 is 17.6 Å². The third-order valence-electron chi connectivity index (χ3n) is 5.06. The largest absolute Gasteiger partial charge is 0.493 e. The minimum absolute atomic E-state index is 0.0106. The van der Waals surface area contributed by atoms with E-state index in [2.05, 4.69) is 27.8 Å². The summed E-state index contributed by atoms with van der Waals surface area (Å²) in [7, 11) is 0. The second kappa shape index (κ2) is 7.70. The molecule has 6 heteroatoms. The topological polar surface area (TPSA) is 88.7 Å². The van der Waals surface area contributed by atoms with E-state index < -0.39 is 0 Å². The zero-order chi connectivity index (χ0) is 18.6. The smallest absolute Gasteiger partial charge is 0.242 e. The molecule has 1 atom stereocenters. The van der Waals surface area contributed by atoms with E-state index in [0.717, 1.165) is 36.3 Å². The van der Waals surface area contributed by atoms with Crippen LogP contribution in [0.5, 0.6) is 5.75 Å². The highest BCUT2D eigenvalue weighted by atomic mass is 16.5. The van der Waals surface area contributed by atoms with E-state index in [9.17, 15) is 4.79 Å². The van der Waals surface area contributed by atoms with Crippen molar-refractivity contribution in [1.82, 2.24) is 5.32 Å². The zero-order valence-corrected chi connectivity index (χ0v) is 15.2. The van der Waals surface area contributed by atoms with Gasteiger partial charge in [-0.2, -0.15) is 0 Å². The van der Waals surface area contributed by atoms with Crippen molar-refractivity contribution in [2.75, 3.05) is 18.5 Å². The molecule has 2 aliphatic rings. The van der Waals surface area contributed by atoms with E-state index in [1.807, 2.05) is 30.3 Å². The molecule has 0 saturated carbocycles. The summed E-state index contributed by atoms with van der Waals surface area (Å²) < 4.78 is 5.62. The summed E-state index contributed by atoms with van der Waals surface area (Å²) in [6.07, 6.45) is 4.21. The van der Waals surface area contributed by atoms with Crippen LogP contribution in [0.15, 0.2) is 47.5 Å². The number of anilines is 1. The first-order chi connectivity index (χ1) is 13.2. The van der Waals surface area contributed by atoms with E-state index in [4.69, 9.17) is 10.5 Å². The Morgan fingerprint density at radius 1 is 1.19 bits per heavy atom. The predicted octanol–water partition coefficient (Wildman–Crippen LogP) is 2.54. The predicted molar refractivity (Wildman–Crippen MR) is 106 cm³/mol. The van der Waals surface area contributed by atoms with Gasteiger partial charge >= 0.3 is 0 Å². The molecule has 27 heavy (non-hydrogen) atoms. The number of nitrogens with two attached hydrogens (primary N) is 1. The van der Waals surface area contributed by atoms with Gasteiger partial charge in [-0.25, -0.2) is 4.99 Å². The van der Waals surface area contributed by atoms with Gasteiger partial charge in [0.15, 0.2) is 5.96 Å². The molecule has 2 aromatic carbocycles. The lowest BCUT2D eigenvalue weighted by Gasteiger charge is -2.26. The Hall–Kier alpha value is -3.02. The summed E-state index contributed by atoms with van der Waals surface area (Å²) >= 11 is 0. The molecule has 1 amide bonds. The van der Waals surface area contributed by atoms with Gasteiger partial charge < -0.3 is 21.1 Å². The van der Waals surface area contributed by atoms with Crippen LogP contribution in [0.25, 0.3) is 0 Å². The van der Waals surface area contributed by atoms with Crippen LogP contribution in [0.3, 0.4) is 0 Å². The highest BCUT2D eigenvalue weighted by molar-refractivity contribution is 5.94. The quantitative estimate of drug-likeness (QED) is 0.575. The first-order valence-electron chi connectivity index (χ1n) is 9.39. The molecule has 0 aromatic heterocycles. The minimum atomic E-state index is -0.157. The Bertz CT molecular complexity index is 878. The van der Waals surface area contributed by atoms with E-state index >= 15 is 0 Å². The van der Waals surface area contributed by atoms with E-state index in [0.29, 0.717) is 6.61 Å². The van der Waals surface area contributed by atoms with Crippen LogP contribution in [0, 0.1) is 0 Å². The van der Waals surface area contributed by atoms with Gasteiger partial charge in [-0.15, -0.1) is 0 Å².